The highest BCUT2D eigenvalue weighted by molar-refractivity contribution is 7.21. The quantitative estimate of drug-likeness (QED) is 0.202. The van der Waals surface area contributed by atoms with Gasteiger partial charge in [-0.1, -0.05) is 11.3 Å². The number of benzene rings is 2. The number of hydrogen-bond acceptors (Lipinski definition) is 11. The molecule has 4 rings (SSSR count). The summed E-state index contributed by atoms with van der Waals surface area (Å²) in [6.45, 7) is 0.313. The molecule has 2 amide bonds. The fourth-order valence-corrected chi connectivity index (χ4v) is 3.95. The van der Waals surface area contributed by atoms with Crippen LogP contribution in [0, 0.1) is 10.1 Å². The van der Waals surface area contributed by atoms with Gasteiger partial charge in [0.25, 0.3) is 17.5 Å². The highest BCUT2D eigenvalue weighted by Gasteiger charge is 2.32. The maximum absolute atomic E-state index is 12.0. The normalized spacial score (nSPS) is 13.7. The predicted molar refractivity (Wildman–Crippen MR) is 122 cm³/mol. The number of fused-ring (bicyclic) bond motifs is 1. The Labute approximate surface area is 196 Å². The van der Waals surface area contributed by atoms with Gasteiger partial charge in [-0.25, -0.2) is 9.78 Å². The minimum atomic E-state index is -0.665. The van der Waals surface area contributed by atoms with Gasteiger partial charge in [0, 0.05) is 44.3 Å². The van der Waals surface area contributed by atoms with E-state index in [1.807, 2.05) is 4.90 Å². The number of rotatable bonds is 8. The average molecular weight is 482 g/mol. The number of thiazole rings is 1. The lowest BCUT2D eigenvalue weighted by atomic mass is 10.2. The van der Waals surface area contributed by atoms with Crippen molar-refractivity contribution in [3.63, 3.8) is 0 Å². The van der Waals surface area contributed by atoms with Crippen molar-refractivity contribution in [2.24, 2.45) is 10.2 Å². The Kier molecular flexibility index (Phi) is 6.54. The number of anilines is 1. The molecule has 1 aliphatic heterocycles. The smallest absolute Gasteiger partial charge is 0.334 e. The molecule has 0 unspecified atom stereocenters. The summed E-state index contributed by atoms with van der Waals surface area (Å²) in [6, 6.07) is 11.5. The van der Waals surface area contributed by atoms with E-state index in [1.54, 1.807) is 37.4 Å². The third kappa shape index (κ3) is 5.20. The van der Waals surface area contributed by atoms with Crippen LogP contribution in [-0.4, -0.2) is 46.3 Å². The lowest BCUT2D eigenvalue weighted by Gasteiger charge is -2.19. The first-order valence-electron chi connectivity index (χ1n) is 10.1. The number of aromatic nitrogens is 1. The molecule has 0 spiro atoms. The summed E-state index contributed by atoms with van der Waals surface area (Å²) < 4.78 is 0.650. The number of nitrogens with zero attached hydrogens (tertiary/aromatic N) is 6. The van der Waals surface area contributed by atoms with Gasteiger partial charge in [-0.15, -0.1) is 15.3 Å². The van der Waals surface area contributed by atoms with E-state index in [9.17, 15) is 24.5 Å². The zero-order chi connectivity index (χ0) is 24.2. The number of azo groups is 1. The Hall–Kier alpha value is -4.26. The number of carbonyl (C=O) groups is 3. The molecule has 1 fully saturated rings. The van der Waals surface area contributed by atoms with Gasteiger partial charge in [-0.2, -0.15) is 0 Å². The third-order valence-electron chi connectivity index (χ3n) is 4.96. The molecule has 34 heavy (non-hydrogen) atoms. The Morgan fingerprint density at radius 2 is 1.88 bits per heavy atom. The maximum atomic E-state index is 12.0. The number of hydrogen-bond donors (Lipinski definition) is 0. The van der Waals surface area contributed by atoms with Crippen molar-refractivity contribution in [1.82, 2.24) is 10.0 Å². The zero-order valence-electron chi connectivity index (χ0n) is 17.9. The average Bonchev–Trinajstić information content (AvgIpc) is 3.38. The lowest BCUT2D eigenvalue weighted by molar-refractivity contribution is -0.384. The monoisotopic (exact) mass is 482 g/mol. The van der Waals surface area contributed by atoms with Crippen molar-refractivity contribution in [3.8, 4) is 0 Å². The Bertz CT molecular complexity index is 1290. The van der Waals surface area contributed by atoms with Crippen molar-refractivity contribution in [2.75, 3.05) is 18.5 Å². The highest BCUT2D eigenvalue weighted by Crippen LogP contribution is 2.32. The molecule has 0 saturated carbocycles. The molecule has 1 aromatic heterocycles. The molecule has 12 nitrogen and oxygen atoms in total. The minimum absolute atomic E-state index is 0.00867. The zero-order valence-corrected chi connectivity index (χ0v) is 18.7. The molecule has 1 saturated heterocycles. The molecule has 0 atom stereocenters. The Balaban J connectivity index is 1.32. The van der Waals surface area contributed by atoms with Crippen LogP contribution < -0.4 is 4.90 Å². The van der Waals surface area contributed by atoms with Gasteiger partial charge in [0.2, 0.25) is 5.13 Å². The standard InChI is InChI=1S/C21H18N6O6S/c1-25(11-10-20(30)33-26-18(28)8-9-19(26)29)14-4-2-13(3-5-14)23-24-21-22-16-7-6-15(27(31)32)12-17(16)34-21/h2-7,12H,8-11H2,1H3. The van der Waals surface area contributed by atoms with Gasteiger partial charge in [-0.05, 0) is 30.3 Å². The van der Waals surface area contributed by atoms with Crippen LogP contribution in [0.1, 0.15) is 19.3 Å². The van der Waals surface area contributed by atoms with Crippen LogP contribution in [0.3, 0.4) is 0 Å². The highest BCUT2D eigenvalue weighted by atomic mass is 32.1. The maximum Gasteiger partial charge on any atom is 0.334 e. The van der Waals surface area contributed by atoms with E-state index in [2.05, 4.69) is 15.2 Å². The number of hydroxylamine groups is 2. The number of nitro benzene ring substituents is 1. The summed E-state index contributed by atoms with van der Waals surface area (Å²) in [6.07, 6.45) is 0.0964. The fraction of sp³-hybridized carbons (Fsp3) is 0.238. The Morgan fingerprint density at radius 3 is 2.56 bits per heavy atom. The van der Waals surface area contributed by atoms with Crippen LogP contribution in [-0.2, 0) is 19.2 Å². The molecule has 3 aromatic rings. The fourth-order valence-electron chi connectivity index (χ4n) is 3.13. The van der Waals surface area contributed by atoms with E-state index in [0.717, 1.165) is 5.69 Å². The number of imide groups is 1. The molecule has 13 heteroatoms. The summed E-state index contributed by atoms with van der Waals surface area (Å²) >= 11 is 1.20. The summed E-state index contributed by atoms with van der Waals surface area (Å²) in [4.78, 5) is 56.4. The Morgan fingerprint density at radius 1 is 1.18 bits per heavy atom. The number of nitro groups is 1. The molecule has 1 aliphatic rings. The van der Waals surface area contributed by atoms with Crippen molar-refractivity contribution >= 4 is 61.5 Å². The first kappa shape index (κ1) is 22.9. The first-order chi connectivity index (χ1) is 16.3. The van der Waals surface area contributed by atoms with Crippen molar-refractivity contribution in [2.45, 2.75) is 19.3 Å². The molecule has 0 radical (unpaired) electrons. The molecule has 174 valence electrons. The van der Waals surface area contributed by atoms with Gasteiger partial charge in [0.15, 0.2) is 0 Å². The van der Waals surface area contributed by atoms with Crippen molar-refractivity contribution in [1.29, 1.82) is 0 Å². The molecule has 2 heterocycles. The van der Waals surface area contributed by atoms with Crippen LogP contribution in [0.4, 0.5) is 22.2 Å². The van der Waals surface area contributed by atoms with Crippen LogP contribution in [0.2, 0.25) is 0 Å². The second kappa shape index (κ2) is 9.70. The SMILES string of the molecule is CN(CCC(=O)ON1C(=O)CCC1=O)c1ccc(N=Nc2nc3ccc([N+](=O)[O-])cc3s2)cc1. The van der Waals surface area contributed by atoms with Crippen LogP contribution in [0.15, 0.2) is 52.7 Å². The summed E-state index contributed by atoms with van der Waals surface area (Å²) in [5, 5.41) is 20.1. The van der Waals surface area contributed by atoms with E-state index < -0.39 is 22.7 Å². The molecule has 0 bridgehead atoms. The van der Waals surface area contributed by atoms with Gasteiger partial charge >= 0.3 is 5.97 Å². The first-order valence-corrected chi connectivity index (χ1v) is 11.0. The van der Waals surface area contributed by atoms with E-state index in [-0.39, 0.29) is 24.9 Å². The van der Waals surface area contributed by atoms with Crippen molar-refractivity contribution < 1.29 is 24.1 Å². The van der Waals surface area contributed by atoms with Crippen LogP contribution >= 0.6 is 11.3 Å². The third-order valence-corrected chi connectivity index (χ3v) is 5.87. The van der Waals surface area contributed by atoms with E-state index in [0.29, 0.717) is 32.6 Å². The molecule has 0 N–H and O–H groups in total. The largest absolute Gasteiger partial charge is 0.374 e. The van der Waals surface area contributed by atoms with Gasteiger partial charge in [0.05, 0.1) is 27.2 Å². The topological polar surface area (TPSA) is 148 Å². The van der Waals surface area contributed by atoms with Gasteiger partial charge in [0.1, 0.15) is 0 Å². The van der Waals surface area contributed by atoms with E-state index >= 15 is 0 Å². The second-order valence-corrected chi connectivity index (χ2v) is 8.35. The molecule has 0 aliphatic carbocycles. The lowest BCUT2D eigenvalue weighted by Crippen LogP contribution is -2.33. The number of non-ortho nitro benzene ring substituents is 1. The van der Waals surface area contributed by atoms with Gasteiger partial charge < -0.3 is 9.74 Å². The van der Waals surface area contributed by atoms with Crippen molar-refractivity contribution in [3.05, 3.63) is 52.6 Å². The van der Waals surface area contributed by atoms with Crippen LogP contribution in [0.5, 0.6) is 0 Å². The molecular weight excluding hydrogens is 464 g/mol. The molecular formula is C21H18N6O6S. The summed E-state index contributed by atoms with van der Waals surface area (Å²) in [7, 11) is 1.79. The number of amides is 2. The number of carbonyl (C=O) groups excluding carboxylic acids is 3. The predicted octanol–water partition coefficient (Wildman–Crippen LogP) is 4.05. The van der Waals surface area contributed by atoms with Gasteiger partial charge in [-0.3, -0.25) is 19.7 Å². The minimum Gasteiger partial charge on any atom is -0.374 e. The molecule has 2 aromatic carbocycles. The second-order valence-electron chi connectivity index (χ2n) is 7.34. The summed E-state index contributed by atoms with van der Waals surface area (Å²) in [5.41, 5.74) is 1.99. The summed E-state index contributed by atoms with van der Waals surface area (Å²) in [5.74, 6) is -1.69. The van der Waals surface area contributed by atoms with E-state index in [1.165, 1.54) is 23.5 Å². The van der Waals surface area contributed by atoms with E-state index in [4.69, 9.17) is 4.84 Å². The van der Waals surface area contributed by atoms with Crippen LogP contribution in [0.25, 0.3) is 10.2 Å².